The van der Waals surface area contributed by atoms with E-state index >= 15 is 0 Å². The minimum Gasteiger partial charge on any atom is -0.339 e. The lowest BCUT2D eigenvalue weighted by molar-refractivity contribution is 0.363. The molecule has 6 heteroatoms. The molecule has 1 aromatic carbocycles. The number of benzene rings is 1. The first-order valence-electron chi connectivity index (χ1n) is 6.21. The molecule has 19 heavy (non-hydrogen) atoms. The molecule has 3 rings (SSSR count). The summed E-state index contributed by atoms with van der Waals surface area (Å²) in [5.41, 5.74) is 0.640. The van der Waals surface area contributed by atoms with Crippen LogP contribution in [-0.4, -0.2) is 34.2 Å². The number of hydrogen-bond acceptors (Lipinski definition) is 5. The van der Waals surface area contributed by atoms with Crippen molar-refractivity contribution in [3.63, 3.8) is 0 Å². The minimum absolute atomic E-state index is 0.297. The van der Waals surface area contributed by atoms with Crippen LogP contribution in [0, 0.1) is 5.82 Å². The molecule has 0 aliphatic carbocycles. The highest BCUT2D eigenvalue weighted by molar-refractivity contribution is 7.99. The molecule has 1 N–H and O–H groups in total. The van der Waals surface area contributed by atoms with Crippen molar-refractivity contribution < 1.29 is 8.91 Å². The van der Waals surface area contributed by atoms with Crippen LogP contribution in [0.4, 0.5) is 4.39 Å². The lowest BCUT2D eigenvalue weighted by Crippen LogP contribution is -2.38. The van der Waals surface area contributed by atoms with Crippen molar-refractivity contribution >= 4 is 11.8 Å². The number of hydrogen-bond donors (Lipinski definition) is 1. The Morgan fingerprint density at radius 2 is 2.42 bits per heavy atom. The second-order valence-electron chi connectivity index (χ2n) is 4.45. The fraction of sp³-hybridized carbons (Fsp3) is 0.385. The average molecular weight is 279 g/mol. The van der Waals surface area contributed by atoms with E-state index in [1.165, 1.54) is 12.1 Å². The second-order valence-corrected chi connectivity index (χ2v) is 5.60. The highest BCUT2D eigenvalue weighted by Crippen LogP contribution is 2.18. The predicted molar refractivity (Wildman–Crippen MR) is 72.5 cm³/mol. The first-order chi connectivity index (χ1) is 9.31. The molecule has 2 heterocycles. The number of nitrogens with zero attached hydrogens (tertiary/aromatic N) is 2. The summed E-state index contributed by atoms with van der Waals surface area (Å²) in [6, 6.07) is 6.59. The zero-order chi connectivity index (χ0) is 13.1. The topological polar surface area (TPSA) is 51.0 Å². The standard InChI is InChI=1S/C13H14FN3OS/c14-10-3-1-2-9(6-10)13-16-12(18-17-13)7-11-8-19-5-4-15-11/h1-3,6,11,15H,4-5,7-8H2. The third kappa shape index (κ3) is 3.13. The molecule has 1 aromatic heterocycles. The van der Waals surface area contributed by atoms with Crippen molar-refractivity contribution in [2.75, 3.05) is 18.1 Å². The molecule has 1 aliphatic heterocycles. The maximum absolute atomic E-state index is 13.1. The van der Waals surface area contributed by atoms with Crippen LogP contribution in [0.2, 0.25) is 0 Å². The van der Waals surface area contributed by atoms with Gasteiger partial charge in [-0.1, -0.05) is 17.3 Å². The highest BCUT2D eigenvalue weighted by Gasteiger charge is 2.17. The summed E-state index contributed by atoms with van der Waals surface area (Å²) >= 11 is 1.93. The van der Waals surface area contributed by atoms with E-state index in [4.69, 9.17) is 4.52 Å². The zero-order valence-corrected chi connectivity index (χ0v) is 11.1. The molecular weight excluding hydrogens is 265 g/mol. The number of nitrogens with one attached hydrogen (secondary N) is 1. The molecule has 1 atom stereocenters. The number of halogens is 1. The SMILES string of the molecule is Fc1cccc(-c2noc(CC3CSCCN3)n2)c1. The fourth-order valence-corrected chi connectivity index (χ4v) is 2.99. The quantitative estimate of drug-likeness (QED) is 0.932. The number of thioether (sulfide) groups is 1. The van der Waals surface area contributed by atoms with E-state index in [1.807, 2.05) is 11.8 Å². The summed E-state index contributed by atoms with van der Waals surface area (Å²) in [6.45, 7) is 1.01. The molecule has 0 radical (unpaired) electrons. The van der Waals surface area contributed by atoms with E-state index < -0.39 is 0 Å². The van der Waals surface area contributed by atoms with Crippen LogP contribution < -0.4 is 5.32 Å². The maximum atomic E-state index is 13.1. The minimum atomic E-state index is -0.297. The summed E-state index contributed by atoms with van der Waals surface area (Å²) in [6.07, 6.45) is 0.718. The third-order valence-corrected chi connectivity index (χ3v) is 4.10. The van der Waals surface area contributed by atoms with Crippen LogP contribution in [0.25, 0.3) is 11.4 Å². The van der Waals surface area contributed by atoms with Gasteiger partial charge in [-0.25, -0.2) is 4.39 Å². The van der Waals surface area contributed by atoms with Crippen LogP contribution in [0.5, 0.6) is 0 Å². The smallest absolute Gasteiger partial charge is 0.228 e. The van der Waals surface area contributed by atoms with Crippen molar-refractivity contribution in [2.45, 2.75) is 12.5 Å². The van der Waals surface area contributed by atoms with Gasteiger partial charge in [0.1, 0.15) is 5.82 Å². The van der Waals surface area contributed by atoms with Crippen LogP contribution in [0.3, 0.4) is 0 Å². The highest BCUT2D eigenvalue weighted by atomic mass is 32.2. The molecule has 4 nitrogen and oxygen atoms in total. The molecule has 1 saturated heterocycles. The van der Waals surface area contributed by atoms with E-state index in [0.29, 0.717) is 23.3 Å². The Morgan fingerprint density at radius 1 is 1.47 bits per heavy atom. The van der Waals surface area contributed by atoms with Gasteiger partial charge >= 0.3 is 0 Å². The number of aromatic nitrogens is 2. The van der Waals surface area contributed by atoms with Crippen molar-refractivity contribution in [3.8, 4) is 11.4 Å². The van der Waals surface area contributed by atoms with E-state index in [-0.39, 0.29) is 5.82 Å². The molecule has 1 unspecified atom stereocenters. The molecule has 1 aliphatic rings. The summed E-state index contributed by atoms with van der Waals surface area (Å²) in [4.78, 5) is 4.32. The van der Waals surface area contributed by atoms with Gasteiger partial charge in [-0.3, -0.25) is 0 Å². The molecule has 0 bridgehead atoms. The Balaban J connectivity index is 1.72. The van der Waals surface area contributed by atoms with Crippen LogP contribution in [0.15, 0.2) is 28.8 Å². The van der Waals surface area contributed by atoms with Crippen LogP contribution in [0.1, 0.15) is 5.89 Å². The number of rotatable bonds is 3. The molecule has 2 aromatic rings. The Hall–Kier alpha value is -1.40. The van der Waals surface area contributed by atoms with Gasteiger partial charge in [-0.15, -0.1) is 0 Å². The Bertz CT molecular complexity index is 554. The van der Waals surface area contributed by atoms with E-state index in [1.54, 1.807) is 12.1 Å². The van der Waals surface area contributed by atoms with Crippen molar-refractivity contribution in [3.05, 3.63) is 36.0 Å². The van der Waals surface area contributed by atoms with Gasteiger partial charge in [0, 0.05) is 36.1 Å². The van der Waals surface area contributed by atoms with Gasteiger partial charge in [0.15, 0.2) is 0 Å². The van der Waals surface area contributed by atoms with Gasteiger partial charge in [-0.05, 0) is 12.1 Å². The van der Waals surface area contributed by atoms with Gasteiger partial charge in [0.25, 0.3) is 0 Å². The monoisotopic (exact) mass is 279 g/mol. The normalized spacial score (nSPS) is 19.5. The van der Waals surface area contributed by atoms with E-state index in [2.05, 4.69) is 15.5 Å². The summed E-state index contributed by atoms with van der Waals surface area (Å²) in [7, 11) is 0. The first-order valence-corrected chi connectivity index (χ1v) is 7.36. The van der Waals surface area contributed by atoms with Gasteiger partial charge in [0.05, 0.1) is 0 Å². The fourth-order valence-electron chi connectivity index (χ4n) is 2.04. The Labute approximate surface area is 114 Å². The summed E-state index contributed by atoms with van der Waals surface area (Å²) in [5, 5.41) is 7.32. The van der Waals surface area contributed by atoms with Crippen LogP contribution >= 0.6 is 11.8 Å². The van der Waals surface area contributed by atoms with Crippen molar-refractivity contribution in [2.24, 2.45) is 0 Å². The molecule has 100 valence electrons. The first kappa shape index (κ1) is 12.6. The van der Waals surface area contributed by atoms with Crippen molar-refractivity contribution in [1.82, 2.24) is 15.5 Å². The lowest BCUT2D eigenvalue weighted by atomic mass is 10.2. The predicted octanol–water partition coefficient (Wildman–Crippen LogP) is 2.12. The third-order valence-electron chi connectivity index (χ3n) is 2.97. The average Bonchev–Trinajstić information content (AvgIpc) is 2.88. The van der Waals surface area contributed by atoms with Gasteiger partial charge in [0.2, 0.25) is 11.7 Å². The zero-order valence-electron chi connectivity index (χ0n) is 10.3. The van der Waals surface area contributed by atoms with Crippen LogP contribution in [-0.2, 0) is 6.42 Å². The summed E-state index contributed by atoms with van der Waals surface area (Å²) in [5.74, 6) is 2.94. The summed E-state index contributed by atoms with van der Waals surface area (Å²) < 4.78 is 18.4. The van der Waals surface area contributed by atoms with Gasteiger partial charge < -0.3 is 9.84 Å². The molecule has 1 fully saturated rings. The maximum Gasteiger partial charge on any atom is 0.228 e. The molecule has 0 spiro atoms. The molecule has 0 saturated carbocycles. The van der Waals surface area contributed by atoms with Crippen molar-refractivity contribution in [1.29, 1.82) is 0 Å². The Morgan fingerprint density at radius 3 is 3.21 bits per heavy atom. The van der Waals surface area contributed by atoms with E-state index in [9.17, 15) is 4.39 Å². The largest absolute Gasteiger partial charge is 0.339 e. The molecule has 0 amide bonds. The molecular formula is C13H14FN3OS. The van der Waals surface area contributed by atoms with E-state index in [0.717, 1.165) is 24.5 Å². The second kappa shape index (κ2) is 5.71. The Kier molecular flexibility index (Phi) is 3.79. The lowest BCUT2D eigenvalue weighted by Gasteiger charge is -2.21. The van der Waals surface area contributed by atoms with Gasteiger partial charge in [-0.2, -0.15) is 16.7 Å².